The fraction of sp³-hybridized carbons (Fsp3) is 0.231. The van der Waals surface area contributed by atoms with E-state index < -0.39 is 5.91 Å². The number of nitrogens with two attached hydrogens (primary N) is 1. The highest BCUT2D eigenvalue weighted by Gasteiger charge is 2.15. The number of nitrogen functional groups attached to an aromatic ring is 1. The third-order valence-corrected chi connectivity index (χ3v) is 2.68. The van der Waals surface area contributed by atoms with E-state index in [1.807, 2.05) is 6.92 Å². The molecule has 8 heteroatoms. The Morgan fingerprint density at radius 3 is 2.52 bits per heavy atom. The largest absolute Gasteiger partial charge is 0.379 e. The van der Waals surface area contributed by atoms with Crippen LogP contribution in [0.1, 0.15) is 23.0 Å². The summed E-state index contributed by atoms with van der Waals surface area (Å²) >= 11 is 0. The van der Waals surface area contributed by atoms with Gasteiger partial charge in [-0.05, 0) is 34.9 Å². The van der Waals surface area contributed by atoms with E-state index in [2.05, 4.69) is 25.6 Å². The SMILES string of the molecule is CCNC(=O)Cc1ccc(NC(=O)c2nonc2N)cc1. The van der Waals surface area contributed by atoms with Crippen LogP contribution < -0.4 is 16.4 Å². The lowest BCUT2D eigenvalue weighted by Gasteiger charge is -2.05. The number of aromatic nitrogens is 2. The lowest BCUT2D eigenvalue weighted by atomic mass is 10.1. The van der Waals surface area contributed by atoms with Crippen molar-refractivity contribution in [3.8, 4) is 0 Å². The zero-order valence-corrected chi connectivity index (χ0v) is 11.4. The number of nitrogens with zero attached hydrogens (tertiary/aromatic N) is 2. The van der Waals surface area contributed by atoms with Gasteiger partial charge in [0, 0.05) is 12.2 Å². The monoisotopic (exact) mass is 289 g/mol. The Kier molecular flexibility index (Phi) is 4.50. The van der Waals surface area contributed by atoms with Crippen LogP contribution in [0.4, 0.5) is 11.5 Å². The second kappa shape index (κ2) is 6.51. The molecule has 0 radical (unpaired) electrons. The van der Waals surface area contributed by atoms with Crippen molar-refractivity contribution >= 4 is 23.3 Å². The Hall–Kier alpha value is -2.90. The van der Waals surface area contributed by atoms with Crippen molar-refractivity contribution in [2.45, 2.75) is 13.3 Å². The summed E-state index contributed by atoms with van der Waals surface area (Å²) < 4.78 is 4.36. The predicted molar refractivity (Wildman–Crippen MR) is 75.5 cm³/mol. The second-order valence-electron chi connectivity index (χ2n) is 4.28. The molecule has 0 aliphatic carbocycles. The number of hydrogen-bond acceptors (Lipinski definition) is 6. The molecule has 2 rings (SSSR count). The zero-order chi connectivity index (χ0) is 15.2. The molecule has 0 aliphatic rings. The molecule has 110 valence electrons. The molecule has 21 heavy (non-hydrogen) atoms. The van der Waals surface area contributed by atoms with Crippen molar-refractivity contribution in [1.29, 1.82) is 0 Å². The van der Waals surface area contributed by atoms with E-state index in [-0.39, 0.29) is 17.4 Å². The Morgan fingerprint density at radius 2 is 1.95 bits per heavy atom. The van der Waals surface area contributed by atoms with Gasteiger partial charge >= 0.3 is 0 Å². The number of amides is 2. The van der Waals surface area contributed by atoms with Gasteiger partial charge in [0.25, 0.3) is 5.91 Å². The van der Waals surface area contributed by atoms with Gasteiger partial charge in [0.1, 0.15) is 0 Å². The first kappa shape index (κ1) is 14.5. The van der Waals surface area contributed by atoms with E-state index in [9.17, 15) is 9.59 Å². The number of carbonyl (C=O) groups excluding carboxylic acids is 2. The summed E-state index contributed by atoms with van der Waals surface area (Å²) in [5.41, 5.74) is 6.77. The summed E-state index contributed by atoms with van der Waals surface area (Å²) in [5.74, 6) is -0.624. The smallest absolute Gasteiger partial charge is 0.281 e. The normalized spacial score (nSPS) is 10.1. The first-order valence-corrected chi connectivity index (χ1v) is 6.35. The lowest BCUT2D eigenvalue weighted by Crippen LogP contribution is -2.24. The number of nitrogens with one attached hydrogen (secondary N) is 2. The minimum absolute atomic E-state index is 0.0456. The summed E-state index contributed by atoms with van der Waals surface area (Å²) in [4.78, 5) is 23.3. The molecule has 0 fully saturated rings. The molecule has 0 atom stereocenters. The Bertz CT molecular complexity index is 636. The standard InChI is InChI=1S/C13H15N5O3/c1-2-15-10(19)7-8-3-5-9(6-4-8)16-13(20)11-12(14)18-21-17-11/h3-6H,2,7H2,1H3,(H2,14,18)(H,15,19)(H,16,20). The fourth-order valence-corrected chi connectivity index (χ4v) is 1.69. The Labute approximate surface area is 120 Å². The predicted octanol–water partition coefficient (Wildman–Crippen LogP) is 0.583. The third-order valence-electron chi connectivity index (χ3n) is 2.68. The fourth-order valence-electron chi connectivity index (χ4n) is 1.69. The van der Waals surface area contributed by atoms with Gasteiger partial charge in [0.2, 0.25) is 17.4 Å². The second-order valence-corrected chi connectivity index (χ2v) is 4.28. The summed E-state index contributed by atoms with van der Waals surface area (Å²) in [5, 5.41) is 12.1. The van der Waals surface area contributed by atoms with Crippen LogP contribution >= 0.6 is 0 Å². The molecule has 1 aromatic heterocycles. The summed E-state index contributed by atoms with van der Waals surface area (Å²) in [7, 11) is 0. The molecule has 2 aromatic rings. The molecule has 0 saturated carbocycles. The average Bonchev–Trinajstić information content (AvgIpc) is 2.87. The first-order valence-electron chi connectivity index (χ1n) is 6.35. The molecular weight excluding hydrogens is 274 g/mol. The Balaban J connectivity index is 1.98. The van der Waals surface area contributed by atoms with E-state index in [1.165, 1.54) is 0 Å². The molecule has 2 amide bonds. The number of anilines is 2. The quantitative estimate of drug-likeness (QED) is 0.740. The molecule has 1 aromatic carbocycles. The van der Waals surface area contributed by atoms with Gasteiger partial charge < -0.3 is 16.4 Å². The van der Waals surface area contributed by atoms with Crippen LogP contribution in [0.15, 0.2) is 28.9 Å². The van der Waals surface area contributed by atoms with E-state index in [0.29, 0.717) is 18.7 Å². The van der Waals surface area contributed by atoms with Crippen molar-refractivity contribution in [2.24, 2.45) is 0 Å². The minimum Gasteiger partial charge on any atom is -0.379 e. The maximum absolute atomic E-state index is 11.8. The van der Waals surface area contributed by atoms with Gasteiger partial charge in [-0.15, -0.1) is 0 Å². The van der Waals surface area contributed by atoms with Crippen LogP contribution in [0, 0.1) is 0 Å². The number of hydrogen-bond donors (Lipinski definition) is 3. The van der Waals surface area contributed by atoms with E-state index in [0.717, 1.165) is 5.56 Å². The summed E-state index contributed by atoms with van der Waals surface area (Å²) in [6.45, 7) is 2.46. The van der Waals surface area contributed by atoms with Gasteiger partial charge in [0.05, 0.1) is 6.42 Å². The van der Waals surface area contributed by atoms with Crippen molar-refractivity contribution in [3.63, 3.8) is 0 Å². The van der Waals surface area contributed by atoms with E-state index in [4.69, 9.17) is 5.73 Å². The molecule has 0 saturated heterocycles. The van der Waals surface area contributed by atoms with Crippen LogP contribution in [0.2, 0.25) is 0 Å². The summed E-state index contributed by atoms with van der Waals surface area (Å²) in [6, 6.07) is 6.90. The first-order chi connectivity index (χ1) is 10.1. The molecule has 4 N–H and O–H groups in total. The van der Waals surface area contributed by atoms with Crippen LogP contribution in [0.3, 0.4) is 0 Å². The van der Waals surface area contributed by atoms with Gasteiger partial charge in [-0.25, -0.2) is 4.63 Å². The van der Waals surface area contributed by atoms with Gasteiger partial charge in [-0.3, -0.25) is 9.59 Å². The minimum atomic E-state index is -0.509. The number of carbonyl (C=O) groups is 2. The highest BCUT2D eigenvalue weighted by atomic mass is 16.6. The van der Waals surface area contributed by atoms with E-state index >= 15 is 0 Å². The molecule has 0 aliphatic heterocycles. The highest BCUT2D eigenvalue weighted by Crippen LogP contribution is 2.13. The molecule has 1 heterocycles. The van der Waals surface area contributed by atoms with Crippen LogP contribution in [0.5, 0.6) is 0 Å². The maximum Gasteiger partial charge on any atom is 0.281 e. The molecule has 0 spiro atoms. The maximum atomic E-state index is 11.8. The lowest BCUT2D eigenvalue weighted by molar-refractivity contribution is -0.120. The van der Waals surface area contributed by atoms with Crippen LogP contribution in [-0.2, 0) is 11.2 Å². The van der Waals surface area contributed by atoms with Gasteiger partial charge in [-0.1, -0.05) is 12.1 Å². The number of rotatable bonds is 5. The molecule has 8 nitrogen and oxygen atoms in total. The highest BCUT2D eigenvalue weighted by molar-refractivity contribution is 6.05. The Morgan fingerprint density at radius 1 is 1.24 bits per heavy atom. The molecular formula is C13H15N5O3. The van der Waals surface area contributed by atoms with Crippen molar-refractivity contribution in [3.05, 3.63) is 35.5 Å². The number of likely N-dealkylation sites (N-methyl/N-ethyl adjacent to an activating group) is 1. The van der Waals surface area contributed by atoms with Crippen LogP contribution in [0.25, 0.3) is 0 Å². The zero-order valence-electron chi connectivity index (χ0n) is 11.4. The topological polar surface area (TPSA) is 123 Å². The van der Waals surface area contributed by atoms with Crippen molar-refractivity contribution in [1.82, 2.24) is 15.6 Å². The third kappa shape index (κ3) is 3.78. The molecule has 0 bridgehead atoms. The van der Waals surface area contributed by atoms with Crippen LogP contribution in [-0.4, -0.2) is 28.7 Å². The van der Waals surface area contributed by atoms with Crippen molar-refractivity contribution in [2.75, 3.05) is 17.6 Å². The van der Waals surface area contributed by atoms with Crippen molar-refractivity contribution < 1.29 is 14.2 Å². The summed E-state index contributed by atoms with van der Waals surface area (Å²) in [6.07, 6.45) is 0.294. The van der Waals surface area contributed by atoms with Gasteiger partial charge in [-0.2, -0.15) is 0 Å². The average molecular weight is 289 g/mol. The van der Waals surface area contributed by atoms with Gasteiger partial charge in [0.15, 0.2) is 0 Å². The van der Waals surface area contributed by atoms with E-state index in [1.54, 1.807) is 24.3 Å². The molecule has 0 unspecified atom stereocenters. The number of benzene rings is 1.